The van der Waals surface area contributed by atoms with Crippen LogP contribution in [0.5, 0.6) is 0 Å². The number of aromatic nitrogens is 2. The molecule has 3 fully saturated rings. The summed E-state index contributed by atoms with van der Waals surface area (Å²) in [5.74, 6) is 1.51. The Morgan fingerprint density at radius 3 is 2.49 bits per heavy atom. The highest BCUT2D eigenvalue weighted by Gasteiger charge is 2.50. The first-order chi connectivity index (χ1) is 16.6. The molecule has 1 amide bonds. The van der Waals surface area contributed by atoms with Crippen LogP contribution < -0.4 is 5.32 Å². The number of halogens is 1. The SMILES string of the molecule is Cc1nc([C@@H]2C[C@H]2c2ccc(C(=O)N(C)C3C[C@]4(C)CC[C@](C)(C3)N4)cc2Cl)c2ccccc2n1. The average Bonchev–Trinajstić information content (AvgIpc) is 3.57. The summed E-state index contributed by atoms with van der Waals surface area (Å²) in [5, 5.41) is 5.60. The van der Waals surface area contributed by atoms with Crippen LogP contribution in [-0.4, -0.2) is 44.9 Å². The summed E-state index contributed by atoms with van der Waals surface area (Å²) in [4.78, 5) is 24.8. The van der Waals surface area contributed by atoms with E-state index in [9.17, 15) is 4.79 Å². The summed E-state index contributed by atoms with van der Waals surface area (Å²) in [6.45, 7) is 6.54. The highest BCUT2D eigenvalue weighted by atomic mass is 35.5. The number of carbonyl (C=O) groups excluding carboxylic acids is 1. The van der Waals surface area contributed by atoms with Gasteiger partial charge in [-0.3, -0.25) is 4.79 Å². The summed E-state index contributed by atoms with van der Waals surface area (Å²) in [7, 11) is 1.95. The minimum atomic E-state index is 0.0571. The standard InChI is InChI=1S/C29H33ClN4O/c1-17-31-25-8-6-5-7-21(25)26(32-17)23-14-22(23)20-10-9-18(13-24(20)30)27(35)34(4)19-15-28(2)11-12-29(3,16-19)33-28/h5-10,13,19,22-23,33H,11-12,14-16H2,1-4H3/t19?,22-,23+,28-,29+/m0/s1. The van der Waals surface area contributed by atoms with Crippen LogP contribution in [0.3, 0.4) is 0 Å². The second kappa shape index (κ2) is 8.01. The minimum absolute atomic E-state index is 0.0571. The van der Waals surface area contributed by atoms with Crippen LogP contribution in [0, 0.1) is 6.92 Å². The average molecular weight is 489 g/mol. The zero-order chi connectivity index (χ0) is 24.5. The highest BCUT2D eigenvalue weighted by molar-refractivity contribution is 6.31. The van der Waals surface area contributed by atoms with Gasteiger partial charge in [-0.25, -0.2) is 9.97 Å². The Morgan fingerprint density at radius 2 is 1.77 bits per heavy atom. The van der Waals surface area contributed by atoms with Crippen molar-refractivity contribution >= 4 is 28.4 Å². The number of benzene rings is 2. The predicted molar refractivity (Wildman–Crippen MR) is 140 cm³/mol. The summed E-state index contributed by atoms with van der Waals surface area (Å²) in [6.07, 6.45) is 5.34. The van der Waals surface area contributed by atoms with Gasteiger partial charge in [-0.15, -0.1) is 0 Å². The number of hydrogen-bond donors (Lipinski definition) is 1. The van der Waals surface area contributed by atoms with E-state index in [-0.39, 0.29) is 23.0 Å². The van der Waals surface area contributed by atoms with Crippen molar-refractivity contribution in [2.75, 3.05) is 7.05 Å². The van der Waals surface area contributed by atoms with E-state index in [1.807, 2.05) is 49.2 Å². The van der Waals surface area contributed by atoms with Crippen molar-refractivity contribution < 1.29 is 4.79 Å². The minimum Gasteiger partial charge on any atom is -0.339 e. The van der Waals surface area contributed by atoms with E-state index in [1.54, 1.807) is 0 Å². The fourth-order valence-electron chi connectivity index (χ4n) is 6.77. The molecule has 0 radical (unpaired) electrons. The highest BCUT2D eigenvalue weighted by Crippen LogP contribution is 2.56. The maximum absolute atomic E-state index is 13.4. The normalized spacial score (nSPS) is 31.5. The maximum atomic E-state index is 13.4. The van der Waals surface area contributed by atoms with Crippen LogP contribution in [0.2, 0.25) is 5.02 Å². The molecule has 0 spiro atoms. The van der Waals surface area contributed by atoms with E-state index in [2.05, 4.69) is 36.3 Å². The lowest BCUT2D eigenvalue weighted by atomic mass is 9.84. The number of fused-ring (bicyclic) bond motifs is 3. The van der Waals surface area contributed by atoms with E-state index in [1.165, 1.54) is 12.8 Å². The van der Waals surface area contributed by atoms with Gasteiger partial charge in [0, 0.05) is 46.1 Å². The molecule has 6 heteroatoms. The molecule has 1 saturated carbocycles. The topological polar surface area (TPSA) is 58.1 Å². The molecule has 3 aliphatic rings. The predicted octanol–water partition coefficient (Wildman–Crippen LogP) is 6.00. The molecule has 2 aliphatic heterocycles. The first-order valence-corrected chi connectivity index (χ1v) is 13.1. The Bertz CT molecular complexity index is 1320. The third kappa shape index (κ3) is 4.03. The van der Waals surface area contributed by atoms with E-state index in [4.69, 9.17) is 16.6 Å². The van der Waals surface area contributed by atoms with Crippen LogP contribution >= 0.6 is 11.6 Å². The van der Waals surface area contributed by atoms with Gasteiger partial charge in [0.1, 0.15) is 5.82 Å². The van der Waals surface area contributed by atoms with Crippen molar-refractivity contribution in [1.29, 1.82) is 0 Å². The largest absolute Gasteiger partial charge is 0.339 e. The van der Waals surface area contributed by atoms with Gasteiger partial charge >= 0.3 is 0 Å². The van der Waals surface area contributed by atoms with Crippen LogP contribution in [0.25, 0.3) is 10.9 Å². The number of rotatable bonds is 4. The number of amides is 1. The van der Waals surface area contributed by atoms with E-state index in [0.29, 0.717) is 22.4 Å². The van der Waals surface area contributed by atoms with Crippen molar-refractivity contribution in [3.8, 4) is 0 Å². The summed E-state index contributed by atoms with van der Waals surface area (Å²) < 4.78 is 0. The maximum Gasteiger partial charge on any atom is 0.253 e. The summed E-state index contributed by atoms with van der Waals surface area (Å²) >= 11 is 6.79. The Kier molecular flexibility index (Phi) is 5.25. The third-order valence-electron chi connectivity index (χ3n) is 8.61. The number of nitrogens with zero attached hydrogens (tertiary/aromatic N) is 3. The number of nitrogens with one attached hydrogen (secondary N) is 1. The molecule has 3 heterocycles. The van der Waals surface area contributed by atoms with E-state index in [0.717, 1.165) is 47.2 Å². The van der Waals surface area contributed by atoms with Crippen LogP contribution in [0.4, 0.5) is 0 Å². The monoisotopic (exact) mass is 488 g/mol. The van der Waals surface area contributed by atoms with Gasteiger partial charge in [-0.1, -0.05) is 35.9 Å². The fourth-order valence-corrected chi connectivity index (χ4v) is 7.09. The lowest BCUT2D eigenvalue weighted by Gasteiger charge is -2.45. The van der Waals surface area contributed by atoms with Gasteiger partial charge in [0.25, 0.3) is 5.91 Å². The molecule has 2 bridgehead atoms. The lowest BCUT2D eigenvalue weighted by Crippen LogP contribution is -2.59. The second-order valence-corrected chi connectivity index (χ2v) is 12.0. The third-order valence-corrected chi connectivity index (χ3v) is 8.93. The Morgan fingerprint density at radius 1 is 1.06 bits per heavy atom. The number of carbonyl (C=O) groups is 1. The van der Waals surface area contributed by atoms with Crippen molar-refractivity contribution in [1.82, 2.24) is 20.2 Å². The fraction of sp³-hybridized carbons (Fsp3) is 0.483. The molecule has 35 heavy (non-hydrogen) atoms. The Labute approximate surface area is 212 Å². The Balaban J connectivity index is 1.21. The van der Waals surface area contributed by atoms with Gasteiger partial charge in [0.15, 0.2) is 0 Å². The van der Waals surface area contributed by atoms with Crippen molar-refractivity contribution in [2.45, 2.75) is 81.8 Å². The zero-order valence-corrected chi connectivity index (χ0v) is 21.7. The van der Waals surface area contributed by atoms with Gasteiger partial charge in [0.2, 0.25) is 0 Å². The van der Waals surface area contributed by atoms with Gasteiger partial charge in [-0.05, 0) is 82.6 Å². The van der Waals surface area contributed by atoms with E-state index >= 15 is 0 Å². The molecule has 1 aliphatic carbocycles. The smallest absolute Gasteiger partial charge is 0.253 e. The molecule has 1 aromatic heterocycles. The number of piperidine rings is 1. The molecule has 2 aromatic carbocycles. The molecule has 1 N–H and O–H groups in total. The number of hydrogen-bond acceptors (Lipinski definition) is 4. The van der Waals surface area contributed by atoms with E-state index < -0.39 is 0 Å². The van der Waals surface area contributed by atoms with Crippen molar-refractivity contribution in [3.05, 3.63) is 70.1 Å². The van der Waals surface area contributed by atoms with Gasteiger partial charge in [-0.2, -0.15) is 0 Å². The number of aryl methyl sites for hydroxylation is 1. The molecule has 2 saturated heterocycles. The quantitative estimate of drug-likeness (QED) is 0.489. The molecule has 182 valence electrons. The molecular weight excluding hydrogens is 456 g/mol. The lowest BCUT2D eigenvalue weighted by molar-refractivity contribution is 0.0597. The first-order valence-electron chi connectivity index (χ1n) is 12.7. The molecule has 1 unspecified atom stereocenters. The van der Waals surface area contributed by atoms with Crippen molar-refractivity contribution in [3.63, 3.8) is 0 Å². The molecule has 5 nitrogen and oxygen atoms in total. The summed E-state index contributed by atoms with van der Waals surface area (Å²) in [5.41, 5.74) is 4.12. The van der Waals surface area contributed by atoms with Crippen molar-refractivity contribution in [2.24, 2.45) is 0 Å². The molecule has 3 aromatic rings. The van der Waals surface area contributed by atoms with Gasteiger partial charge < -0.3 is 10.2 Å². The van der Waals surface area contributed by atoms with Crippen LogP contribution in [-0.2, 0) is 0 Å². The Hall–Kier alpha value is -2.50. The first kappa shape index (κ1) is 22.9. The summed E-state index contributed by atoms with van der Waals surface area (Å²) in [6, 6.07) is 14.3. The molecule has 5 atom stereocenters. The molecular formula is C29H33ClN4O. The van der Waals surface area contributed by atoms with Gasteiger partial charge in [0.05, 0.1) is 11.2 Å². The molecule has 6 rings (SSSR count). The number of para-hydroxylation sites is 1. The zero-order valence-electron chi connectivity index (χ0n) is 20.9. The van der Waals surface area contributed by atoms with Crippen LogP contribution in [0.1, 0.15) is 85.2 Å². The second-order valence-electron chi connectivity index (χ2n) is 11.6. The van der Waals surface area contributed by atoms with Crippen LogP contribution in [0.15, 0.2) is 42.5 Å².